The summed E-state index contributed by atoms with van der Waals surface area (Å²) in [7, 11) is 0. The highest BCUT2D eigenvalue weighted by Gasteiger charge is 2.15. The number of nitrogens with zero attached hydrogens (tertiary/aromatic N) is 2. The molecule has 0 radical (unpaired) electrons. The van der Waals surface area contributed by atoms with Crippen molar-refractivity contribution >= 4 is 12.1 Å². The molecule has 0 unspecified atom stereocenters. The van der Waals surface area contributed by atoms with Gasteiger partial charge in [0.15, 0.2) is 5.75 Å². The van der Waals surface area contributed by atoms with Crippen LogP contribution in [0.5, 0.6) is 5.75 Å². The van der Waals surface area contributed by atoms with Crippen LogP contribution in [0, 0.1) is 0 Å². The van der Waals surface area contributed by atoms with Gasteiger partial charge in [0, 0.05) is 0 Å². The number of aromatic nitrogens is 2. The van der Waals surface area contributed by atoms with Gasteiger partial charge >= 0.3 is 12.1 Å². The summed E-state index contributed by atoms with van der Waals surface area (Å²) in [6.45, 7) is 5.74. The van der Waals surface area contributed by atoms with Crippen molar-refractivity contribution in [2.24, 2.45) is 0 Å². The quantitative estimate of drug-likeness (QED) is 0.778. The zero-order chi connectivity index (χ0) is 15.2. The second-order valence-corrected chi connectivity index (χ2v) is 4.82. The zero-order valence-electron chi connectivity index (χ0n) is 11.5. The molecule has 0 saturated carbocycles. The van der Waals surface area contributed by atoms with E-state index in [-0.39, 0.29) is 19.0 Å². The van der Waals surface area contributed by atoms with Crippen LogP contribution in [0.1, 0.15) is 31.4 Å². The first-order chi connectivity index (χ1) is 9.28. The van der Waals surface area contributed by atoms with Crippen molar-refractivity contribution in [3.8, 4) is 5.75 Å². The van der Waals surface area contributed by atoms with E-state index in [0.717, 1.165) is 0 Å². The summed E-state index contributed by atoms with van der Waals surface area (Å²) >= 11 is 0. The van der Waals surface area contributed by atoms with Crippen molar-refractivity contribution in [1.82, 2.24) is 15.3 Å². The molecule has 0 fully saturated rings. The third kappa shape index (κ3) is 5.98. The van der Waals surface area contributed by atoms with E-state index in [0.29, 0.717) is 5.75 Å². The maximum Gasteiger partial charge on any atom is 0.407 e. The summed E-state index contributed by atoms with van der Waals surface area (Å²) in [4.78, 5) is 29.0. The predicted molar refractivity (Wildman–Crippen MR) is 68.7 cm³/mol. The molecule has 0 spiro atoms. The maximum absolute atomic E-state index is 11.3. The standard InChI is InChI=1S/C12H17N3O5/c1-12(2,3)20-11(18)13-4-5-19-8-6-14-9(10(16)17)15-7-8/h6-7H,4-5H2,1-3H3,(H,13,18)(H,16,17). The van der Waals surface area contributed by atoms with E-state index in [9.17, 15) is 9.59 Å². The largest absolute Gasteiger partial charge is 0.489 e. The molecule has 0 bridgehead atoms. The Morgan fingerprint density at radius 1 is 1.30 bits per heavy atom. The molecule has 20 heavy (non-hydrogen) atoms. The summed E-state index contributed by atoms with van der Waals surface area (Å²) in [6, 6.07) is 0. The summed E-state index contributed by atoms with van der Waals surface area (Å²) in [5.74, 6) is -1.19. The molecule has 0 aliphatic rings. The van der Waals surface area contributed by atoms with E-state index in [1.165, 1.54) is 12.4 Å². The minimum Gasteiger partial charge on any atom is -0.489 e. The number of hydrogen-bond donors (Lipinski definition) is 2. The molecule has 8 nitrogen and oxygen atoms in total. The van der Waals surface area contributed by atoms with Crippen molar-refractivity contribution in [3.63, 3.8) is 0 Å². The smallest absolute Gasteiger partial charge is 0.407 e. The highest BCUT2D eigenvalue weighted by atomic mass is 16.6. The first-order valence-corrected chi connectivity index (χ1v) is 5.93. The van der Waals surface area contributed by atoms with E-state index >= 15 is 0 Å². The topological polar surface area (TPSA) is 111 Å². The lowest BCUT2D eigenvalue weighted by molar-refractivity contribution is 0.0519. The zero-order valence-corrected chi connectivity index (χ0v) is 11.5. The molecule has 1 amide bonds. The molecule has 110 valence electrons. The van der Waals surface area contributed by atoms with Gasteiger partial charge < -0.3 is 19.9 Å². The second kappa shape index (κ2) is 6.69. The lowest BCUT2D eigenvalue weighted by Crippen LogP contribution is -2.34. The van der Waals surface area contributed by atoms with Crippen LogP contribution in [0.15, 0.2) is 12.4 Å². The molecule has 1 aromatic heterocycles. The minimum absolute atomic E-state index is 0.190. The van der Waals surface area contributed by atoms with Crippen LogP contribution in [0.4, 0.5) is 4.79 Å². The number of hydrogen-bond acceptors (Lipinski definition) is 6. The normalized spacial score (nSPS) is 10.8. The molecule has 8 heteroatoms. The third-order valence-electron chi connectivity index (χ3n) is 1.86. The Hall–Kier alpha value is -2.38. The summed E-state index contributed by atoms with van der Waals surface area (Å²) < 4.78 is 10.3. The molecule has 0 aliphatic heterocycles. The Morgan fingerprint density at radius 2 is 1.90 bits per heavy atom. The van der Waals surface area contributed by atoms with Crippen molar-refractivity contribution in [3.05, 3.63) is 18.2 Å². The molecular formula is C12H17N3O5. The van der Waals surface area contributed by atoms with Gasteiger partial charge in [-0.3, -0.25) is 0 Å². The van der Waals surface area contributed by atoms with E-state index in [1.807, 2.05) is 0 Å². The summed E-state index contributed by atoms with van der Waals surface area (Å²) in [5, 5.41) is 11.1. The van der Waals surface area contributed by atoms with E-state index < -0.39 is 17.7 Å². The van der Waals surface area contributed by atoms with Crippen molar-refractivity contribution in [2.45, 2.75) is 26.4 Å². The van der Waals surface area contributed by atoms with Crippen LogP contribution in [0.25, 0.3) is 0 Å². The van der Waals surface area contributed by atoms with Crippen molar-refractivity contribution in [1.29, 1.82) is 0 Å². The molecule has 1 heterocycles. The Kier molecular flexibility index (Phi) is 5.24. The van der Waals surface area contributed by atoms with E-state index in [1.54, 1.807) is 20.8 Å². The SMILES string of the molecule is CC(C)(C)OC(=O)NCCOc1cnc(C(=O)O)nc1. The monoisotopic (exact) mass is 283 g/mol. The van der Waals surface area contributed by atoms with Crippen molar-refractivity contribution < 1.29 is 24.2 Å². The fourth-order valence-corrected chi connectivity index (χ4v) is 1.14. The number of rotatable bonds is 5. The van der Waals surface area contributed by atoms with E-state index in [4.69, 9.17) is 14.6 Å². The molecular weight excluding hydrogens is 266 g/mol. The Labute approximate surface area is 116 Å². The fraction of sp³-hybridized carbons (Fsp3) is 0.500. The molecule has 1 rings (SSSR count). The van der Waals surface area contributed by atoms with Crippen LogP contribution in [0.2, 0.25) is 0 Å². The van der Waals surface area contributed by atoms with E-state index in [2.05, 4.69) is 15.3 Å². The Balaban J connectivity index is 2.27. The van der Waals surface area contributed by atoms with Crippen LogP contribution < -0.4 is 10.1 Å². The highest BCUT2D eigenvalue weighted by Crippen LogP contribution is 2.07. The van der Waals surface area contributed by atoms with Gasteiger partial charge in [0.1, 0.15) is 12.2 Å². The summed E-state index contributed by atoms with van der Waals surface area (Å²) in [6.07, 6.45) is 1.98. The fourth-order valence-electron chi connectivity index (χ4n) is 1.14. The van der Waals surface area contributed by atoms with Crippen LogP contribution >= 0.6 is 0 Å². The maximum atomic E-state index is 11.3. The first-order valence-electron chi connectivity index (χ1n) is 5.93. The lowest BCUT2D eigenvalue weighted by Gasteiger charge is -2.19. The Bertz CT molecular complexity index is 467. The van der Waals surface area contributed by atoms with Gasteiger partial charge in [-0.25, -0.2) is 19.6 Å². The van der Waals surface area contributed by atoms with Gasteiger partial charge in [0.25, 0.3) is 0 Å². The molecule has 2 N–H and O–H groups in total. The van der Waals surface area contributed by atoms with Gasteiger partial charge in [-0.05, 0) is 20.8 Å². The van der Waals surface area contributed by atoms with Gasteiger partial charge in [-0.1, -0.05) is 0 Å². The number of aromatic carboxylic acids is 1. The van der Waals surface area contributed by atoms with Gasteiger partial charge in [-0.2, -0.15) is 0 Å². The average Bonchev–Trinajstić information content (AvgIpc) is 2.33. The van der Waals surface area contributed by atoms with Crippen LogP contribution in [0.3, 0.4) is 0 Å². The predicted octanol–water partition coefficient (Wildman–Crippen LogP) is 1.08. The second-order valence-electron chi connectivity index (χ2n) is 4.82. The number of carboxylic acid groups (broad SMARTS) is 1. The van der Waals surface area contributed by atoms with Crippen molar-refractivity contribution in [2.75, 3.05) is 13.2 Å². The number of nitrogens with one attached hydrogen (secondary N) is 1. The molecule has 0 atom stereocenters. The number of alkyl carbamates (subject to hydrolysis) is 1. The Morgan fingerprint density at radius 3 is 2.40 bits per heavy atom. The van der Waals surface area contributed by atoms with Gasteiger partial charge in [0.05, 0.1) is 18.9 Å². The number of carboxylic acids is 1. The lowest BCUT2D eigenvalue weighted by atomic mass is 10.2. The molecule has 0 aromatic carbocycles. The molecule has 1 aromatic rings. The third-order valence-corrected chi connectivity index (χ3v) is 1.86. The van der Waals surface area contributed by atoms with Gasteiger partial charge in [-0.15, -0.1) is 0 Å². The summed E-state index contributed by atoms with van der Waals surface area (Å²) in [5.41, 5.74) is -0.550. The molecule has 0 aliphatic carbocycles. The minimum atomic E-state index is -1.21. The van der Waals surface area contributed by atoms with Crippen LogP contribution in [-0.4, -0.2) is 45.9 Å². The number of amides is 1. The number of ether oxygens (including phenoxy) is 2. The average molecular weight is 283 g/mol. The van der Waals surface area contributed by atoms with Crippen LogP contribution in [-0.2, 0) is 4.74 Å². The number of carbonyl (C=O) groups excluding carboxylic acids is 1. The first kappa shape index (κ1) is 15.7. The van der Waals surface area contributed by atoms with Gasteiger partial charge in [0.2, 0.25) is 5.82 Å². The highest BCUT2D eigenvalue weighted by molar-refractivity contribution is 5.82. The number of carbonyl (C=O) groups is 2. The molecule has 0 saturated heterocycles.